The quantitative estimate of drug-likeness (QED) is 0.672. The van der Waals surface area contributed by atoms with Crippen LogP contribution in [0.2, 0.25) is 0 Å². The lowest BCUT2D eigenvalue weighted by Crippen LogP contribution is -2.29. The third kappa shape index (κ3) is 1.92. The molecule has 1 aliphatic heterocycles. The van der Waals surface area contributed by atoms with Crippen LogP contribution < -0.4 is 11.4 Å². The maximum absolute atomic E-state index is 11.5. The number of anilines is 1. The van der Waals surface area contributed by atoms with Crippen molar-refractivity contribution in [1.29, 1.82) is 0 Å². The van der Waals surface area contributed by atoms with Gasteiger partial charge < -0.3 is 20.3 Å². The SMILES string of the molecule is Cc1cn([C@@H]2CO[C@H](CO)O2)c(=O)nc1N. The van der Waals surface area contributed by atoms with E-state index in [1.165, 1.54) is 4.57 Å². The standard InChI is InChI=1S/C9H13N3O4/c1-5-2-12(9(14)11-8(5)10)6-4-15-7(3-13)16-6/h2,6-7,13H,3-4H2,1H3,(H2,10,11,14)/t6-,7-/m0/s1. The van der Waals surface area contributed by atoms with Crippen molar-refractivity contribution < 1.29 is 14.6 Å². The van der Waals surface area contributed by atoms with E-state index in [2.05, 4.69) is 4.98 Å². The molecule has 0 spiro atoms. The molecule has 1 saturated heterocycles. The molecule has 7 nitrogen and oxygen atoms in total. The van der Waals surface area contributed by atoms with Gasteiger partial charge in [-0.2, -0.15) is 4.98 Å². The van der Waals surface area contributed by atoms with Gasteiger partial charge in [-0.25, -0.2) is 4.79 Å². The number of ether oxygens (including phenoxy) is 2. The van der Waals surface area contributed by atoms with E-state index in [1.807, 2.05) is 0 Å². The van der Waals surface area contributed by atoms with Gasteiger partial charge in [-0.3, -0.25) is 4.57 Å². The molecule has 1 aromatic rings. The summed E-state index contributed by atoms with van der Waals surface area (Å²) >= 11 is 0. The summed E-state index contributed by atoms with van der Waals surface area (Å²) in [7, 11) is 0. The number of aryl methyl sites for hydroxylation is 1. The molecule has 0 aliphatic carbocycles. The number of aliphatic hydroxyl groups excluding tert-OH is 1. The number of aromatic nitrogens is 2. The highest BCUT2D eigenvalue weighted by Gasteiger charge is 2.27. The summed E-state index contributed by atoms with van der Waals surface area (Å²) in [5.41, 5.74) is 5.71. The lowest BCUT2D eigenvalue weighted by Gasteiger charge is -2.13. The zero-order valence-corrected chi connectivity index (χ0v) is 8.79. The Labute approximate surface area is 91.4 Å². The average molecular weight is 227 g/mol. The fourth-order valence-corrected chi connectivity index (χ4v) is 1.47. The summed E-state index contributed by atoms with van der Waals surface area (Å²) in [6, 6.07) is 0. The third-order valence-corrected chi connectivity index (χ3v) is 2.37. The minimum absolute atomic E-state index is 0.205. The largest absolute Gasteiger partial charge is 0.391 e. The molecule has 7 heteroatoms. The molecule has 3 N–H and O–H groups in total. The molecule has 1 fully saturated rings. The molecule has 2 rings (SSSR count). The van der Waals surface area contributed by atoms with Crippen LogP contribution in [-0.4, -0.2) is 34.2 Å². The summed E-state index contributed by atoms with van der Waals surface area (Å²) in [6.07, 6.45) is 0.324. The number of hydrogen-bond donors (Lipinski definition) is 2. The number of nitrogens with two attached hydrogens (primary N) is 1. The number of rotatable bonds is 2. The van der Waals surface area contributed by atoms with Gasteiger partial charge in [-0.15, -0.1) is 0 Å². The Bertz CT molecular complexity index is 445. The highest BCUT2D eigenvalue weighted by Crippen LogP contribution is 2.19. The molecule has 0 unspecified atom stereocenters. The first kappa shape index (κ1) is 11.1. The number of nitrogens with zero attached hydrogens (tertiary/aromatic N) is 2. The Morgan fingerprint density at radius 2 is 2.50 bits per heavy atom. The summed E-state index contributed by atoms with van der Waals surface area (Å²) in [4.78, 5) is 15.2. The summed E-state index contributed by atoms with van der Waals surface area (Å²) in [5, 5.41) is 8.83. The molecule has 16 heavy (non-hydrogen) atoms. The van der Waals surface area contributed by atoms with Gasteiger partial charge in [0.2, 0.25) is 0 Å². The van der Waals surface area contributed by atoms with Crippen molar-refractivity contribution in [3.8, 4) is 0 Å². The second kappa shape index (κ2) is 4.20. The number of nitrogen functional groups attached to an aromatic ring is 1. The molecule has 0 saturated carbocycles. The second-order valence-corrected chi connectivity index (χ2v) is 3.54. The fraction of sp³-hybridized carbons (Fsp3) is 0.556. The number of aliphatic hydroxyl groups is 1. The first-order valence-corrected chi connectivity index (χ1v) is 4.85. The second-order valence-electron chi connectivity index (χ2n) is 3.54. The minimum Gasteiger partial charge on any atom is -0.391 e. The third-order valence-electron chi connectivity index (χ3n) is 2.37. The molecular weight excluding hydrogens is 214 g/mol. The van der Waals surface area contributed by atoms with E-state index in [0.29, 0.717) is 5.56 Å². The molecule has 1 aromatic heterocycles. The van der Waals surface area contributed by atoms with E-state index in [-0.39, 0.29) is 19.0 Å². The van der Waals surface area contributed by atoms with Crippen LogP contribution in [0, 0.1) is 6.92 Å². The zero-order chi connectivity index (χ0) is 11.7. The normalized spacial score (nSPS) is 24.9. The van der Waals surface area contributed by atoms with E-state index in [1.54, 1.807) is 13.1 Å². The predicted octanol–water partition coefficient (Wildman–Crippen LogP) is -1.00. The Morgan fingerprint density at radius 3 is 3.12 bits per heavy atom. The van der Waals surface area contributed by atoms with Crippen LogP contribution in [0.1, 0.15) is 11.8 Å². The summed E-state index contributed by atoms with van der Waals surface area (Å²) in [6.45, 7) is 1.71. The van der Waals surface area contributed by atoms with Crippen LogP contribution in [0.4, 0.5) is 5.82 Å². The molecule has 0 radical (unpaired) electrons. The lowest BCUT2D eigenvalue weighted by molar-refractivity contribution is -0.0992. The van der Waals surface area contributed by atoms with Gasteiger partial charge >= 0.3 is 5.69 Å². The van der Waals surface area contributed by atoms with Crippen molar-refractivity contribution in [2.45, 2.75) is 19.4 Å². The number of hydrogen-bond acceptors (Lipinski definition) is 6. The molecule has 0 bridgehead atoms. The van der Waals surface area contributed by atoms with E-state index >= 15 is 0 Å². The van der Waals surface area contributed by atoms with Gasteiger partial charge in [0.05, 0.1) is 13.2 Å². The zero-order valence-electron chi connectivity index (χ0n) is 8.79. The molecule has 1 aliphatic rings. The van der Waals surface area contributed by atoms with E-state index < -0.39 is 18.2 Å². The molecule has 0 aromatic carbocycles. The van der Waals surface area contributed by atoms with Crippen LogP contribution in [-0.2, 0) is 9.47 Å². The molecular formula is C9H13N3O4. The Morgan fingerprint density at radius 1 is 1.75 bits per heavy atom. The highest BCUT2D eigenvalue weighted by molar-refractivity contribution is 5.35. The Balaban J connectivity index is 2.28. The highest BCUT2D eigenvalue weighted by atomic mass is 16.7. The lowest BCUT2D eigenvalue weighted by atomic mass is 10.3. The average Bonchev–Trinajstić information content (AvgIpc) is 2.71. The van der Waals surface area contributed by atoms with Crippen molar-refractivity contribution in [3.05, 3.63) is 22.2 Å². The van der Waals surface area contributed by atoms with Gasteiger partial charge in [-0.1, -0.05) is 0 Å². The monoisotopic (exact) mass is 227 g/mol. The maximum Gasteiger partial charge on any atom is 0.351 e. The van der Waals surface area contributed by atoms with Crippen LogP contribution in [0.15, 0.2) is 11.0 Å². The van der Waals surface area contributed by atoms with Crippen LogP contribution in [0.3, 0.4) is 0 Å². The minimum atomic E-state index is -0.685. The van der Waals surface area contributed by atoms with Gasteiger partial charge in [-0.05, 0) is 6.92 Å². The smallest absolute Gasteiger partial charge is 0.351 e. The van der Waals surface area contributed by atoms with E-state index in [9.17, 15) is 4.79 Å². The van der Waals surface area contributed by atoms with Gasteiger partial charge in [0, 0.05) is 11.8 Å². The first-order chi connectivity index (χ1) is 7.61. The van der Waals surface area contributed by atoms with E-state index in [4.69, 9.17) is 20.3 Å². The Hall–Kier alpha value is -1.44. The van der Waals surface area contributed by atoms with Crippen LogP contribution in [0.5, 0.6) is 0 Å². The summed E-state index contributed by atoms with van der Waals surface area (Å²) in [5.74, 6) is 0.207. The molecule has 88 valence electrons. The van der Waals surface area contributed by atoms with E-state index in [0.717, 1.165) is 0 Å². The van der Waals surface area contributed by atoms with Crippen molar-refractivity contribution in [2.24, 2.45) is 0 Å². The van der Waals surface area contributed by atoms with Gasteiger partial charge in [0.15, 0.2) is 12.5 Å². The van der Waals surface area contributed by atoms with Crippen molar-refractivity contribution in [3.63, 3.8) is 0 Å². The van der Waals surface area contributed by atoms with Gasteiger partial charge in [0.1, 0.15) is 5.82 Å². The van der Waals surface area contributed by atoms with Crippen molar-refractivity contribution in [2.75, 3.05) is 18.9 Å². The van der Waals surface area contributed by atoms with Crippen molar-refractivity contribution >= 4 is 5.82 Å². The Kier molecular flexibility index (Phi) is 2.90. The maximum atomic E-state index is 11.5. The molecule has 2 heterocycles. The molecule has 0 amide bonds. The van der Waals surface area contributed by atoms with Crippen molar-refractivity contribution in [1.82, 2.24) is 9.55 Å². The first-order valence-electron chi connectivity index (χ1n) is 4.85. The predicted molar refractivity (Wildman–Crippen MR) is 54.6 cm³/mol. The topological polar surface area (TPSA) is 99.6 Å². The summed E-state index contributed by atoms with van der Waals surface area (Å²) < 4.78 is 11.7. The van der Waals surface area contributed by atoms with Gasteiger partial charge in [0.25, 0.3) is 0 Å². The molecule has 2 atom stereocenters. The fourth-order valence-electron chi connectivity index (χ4n) is 1.47. The van der Waals surface area contributed by atoms with Crippen LogP contribution in [0.25, 0.3) is 0 Å². The van der Waals surface area contributed by atoms with Crippen LogP contribution >= 0.6 is 0 Å².